The number of aryl methyl sites for hydroxylation is 1. The van der Waals surface area contributed by atoms with Crippen LogP contribution in [0.15, 0.2) is 48.5 Å². The van der Waals surface area contributed by atoms with Gasteiger partial charge in [0, 0.05) is 44.7 Å². The summed E-state index contributed by atoms with van der Waals surface area (Å²) in [7, 11) is 0. The number of Topliss-reactive ketones (excluding diaryl/α,β-unsaturated/α-hetero) is 1. The van der Waals surface area contributed by atoms with Crippen LogP contribution in [-0.4, -0.2) is 10.8 Å². The van der Waals surface area contributed by atoms with E-state index >= 15 is 0 Å². The fraction of sp³-hybridized carbons (Fsp3) is 0.227. The predicted molar refractivity (Wildman–Crippen MR) is 109 cm³/mol. The first-order valence-electron chi connectivity index (χ1n) is 8.84. The summed E-state index contributed by atoms with van der Waals surface area (Å²) in [6.07, 6.45) is 5.47. The zero-order chi connectivity index (χ0) is 18.4. The van der Waals surface area contributed by atoms with Gasteiger partial charge in [0.1, 0.15) is 0 Å². The van der Waals surface area contributed by atoms with Crippen molar-refractivity contribution < 1.29 is 37.5 Å². The number of carbonyl (C=O) groups excluding carboxylic acids is 1. The number of anilines is 2. The summed E-state index contributed by atoms with van der Waals surface area (Å²) in [6.45, 7) is 3.90. The van der Waals surface area contributed by atoms with Gasteiger partial charge in [-0.05, 0) is 0 Å². The minimum atomic E-state index is 0. The molecule has 1 aromatic heterocycles. The van der Waals surface area contributed by atoms with Crippen molar-refractivity contribution in [2.45, 2.75) is 33.1 Å². The number of thiazole rings is 1. The molecule has 5 heteroatoms. The van der Waals surface area contributed by atoms with Crippen LogP contribution in [0.5, 0.6) is 0 Å². The van der Waals surface area contributed by atoms with Crippen molar-refractivity contribution in [1.82, 2.24) is 4.98 Å². The molecule has 1 aliphatic carbocycles. The number of ketones is 1. The Bertz CT molecular complexity index is 872. The third-order valence-corrected chi connectivity index (χ3v) is 4.87. The van der Waals surface area contributed by atoms with Gasteiger partial charge in [0.05, 0.1) is 10.6 Å². The first-order valence-corrected chi connectivity index (χ1v) is 9.65. The van der Waals surface area contributed by atoms with E-state index in [2.05, 4.69) is 22.8 Å². The smallest absolute Gasteiger partial charge is 0.177 e. The van der Waals surface area contributed by atoms with Crippen LogP contribution in [0.25, 0.3) is 11.3 Å². The quantitative estimate of drug-likeness (QED) is 0.369. The van der Waals surface area contributed by atoms with Crippen molar-refractivity contribution in [3.05, 3.63) is 71.5 Å². The molecule has 1 N–H and O–H groups in total. The topological polar surface area (TPSA) is 42.0 Å². The van der Waals surface area contributed by atoms with Crippen molar-refractivity contribution in [2.75, 3.05) is 5.32 Å². The second-order valence-electron chi connectivity index (χ2n) is 6.07. The zero-order valence-electron chi connectivity index (χ0n) is 15.7. The predicted octanol–water partition coefficient (Wildman–Crippen LogP) is 6.24. The van der Waals surface area contributed by atoms with Crippen molar-refractivity contribution in [2.24, 2.45) is 0 Å². The van der Waals surface area contributed by atoms with Gasteiger partial charge in [0.15, 0.2) is 10.9 Å². The molecule has 0 atom stereocenters. The number of hydrogen-bond donors (Lipinski definition) is 1. The van der Waals surface area contributed by atoms with E-state index in [1.54, 1.807) is 0 Å². The minimum absolute atomic E-state index is 0. The monoisotopic (exact) mass is 451 g/mol. The van der Waals surface area contributed by atoms with Crippen LogP contribution >= 0.6 is 11.3 Å². The zero-order valence-corrected chi connectivity index (χ0v) is 19.3. The van der Waals surface area contributed by atoms with Gasteiger partial charge in [-0.25, -0.2) is 17.8 Å². The molecule has 2 aromatic carbocycles. The average molecular weight is 451 g/mol. The van der Waals surface area contributed by atoms with Crippen molar-refractivity contribution in [3.8, 4) is 11.3 Å². The first-order chi connectivity index (χ1) is 12.7. The number of aromatic nitrogens is 1. The van der Waals surface area contributed by atoms with Gasteiger partial charge in [-0.3, -0.25) is 4.79 Å². The van der Waals surface area contributed by atoms with E-state index < -0.39 is 0 Å². The Balaban J connectivity index is 0.000000595. The first kappa shape index (κ1) is 21.9. The standard InChI is InChI=1S/C19H17N2OS.C3H5.Y/c1-3-16(22)18-17(14-10-5-4-6-11-14)21-19(23-18)20-15-12-8-7-9-13(15)2;1-2-3-1;/h4-7,9-12H,3H2,1-2H3,(H,20,21);1H,2-3H2;/q2*-1;. The molecule has 0 saturated heterocycles. The molecule has 27 heavy (non-hydrogen) atoms. The van der Waals surface area contributed by atoms with E-state index in [0.717, 1.165) is 27.6 Å². The van der Waals surface area contributed by atoms with E-state index in [-0.39, 0.29) is 38.5 Å². The molecule has 1 heterocycles. The fourth-order valence-electron chi connectivity index (χ4n) is 2.27. The van der Waals surface area contributed by atoms with Crippen LogP contribution in [0.4, 0.5) is 10.8 Å². The van der Waals surface area contributed by atoms with Crippen LogP contribution in [0.2, 0.25) is 0 Å². The van der Waals surface area contributed by atoms with Crippen LogP contribution in [-0.2, 0) is 32.7 Å². The Morgan fingerprint density at radius 3 is 2.56 bits per heavy atom. The van der Waals surface area contributed by atoms with Crippen LogP contribution in [0, 0.1) is 19.4 Å². The van der Waals surface area contributed by atoms with Crippen molar-refractivity contribution in [1.29, 1.82) is 0 Å². The van der Waals surface area contributed by atoms with Gasteiger partial charge in [-0.2, -0.15) is 24.3 Å². The van der Waals surface area contributed by atoms with Crippen molar-refractivity contribution >= 4 is 27.9 Å². The molecule has 0 bridgehead atoms. The molecule has 0 unspecified atom stereocenters. The maximum atomic E-state index is 12.3. The maximum absolute atomic E-state index is 12.3. The molecule has 0 amide bonds. The Kier molecular flexibility index (Phi) is 8.81. The second-order valence-corrected chi connectivity index (χ2v) is 7.07. The molecule has 0 aliphatic heterocycles. The SMILES string of the molecule is CCC(=O)c1sc(Nc2c[c-]ccc2C)nc1-c1ccccc1.[CH-]1CC1.[Y]. The average Bonchev–Trinajstić information content (AvgIpc) is 3.50. The summed E-state index contributed by atoms with van der Waals surface area (Å²) >= 11 is 1.40. The summed E-state index contributed by atoms with van der Waals surface area (Å²) in [6, 6.07) is 18.6. The summed E-state index contributed by atoms with van der Waals surface area (Å²) in [5.41, 5.74) is 3.78. The molecular formula is C22H22N2OSY-2. The number of rotatable bonds is 5. The molecule has 3 nitrogen and oxygen atoms in total. The Morgan fingerprint density at radius 1 is 1.26 bits per heavy atom. The minimum Gasteiger partial charge on any atom is -0.385 e. The third kappa shape index (κ3) is 6.34. The van der Waals surface area contributed by atoms with E-state index in [0.29, 0.717) is 11.3 Å². The number of hydrogen-bond acceptors (Lipinski definition) is 4. The molecule has 1 fully saturated rings. The Morgan fingerprint density at radius 2 is 1.96 bits per heavy atom. The number of carbonyl (C=O) groups is 1. The maximum Gasteiger partial charge on any atom is 0.177 e. The van der Waals surface area contributed by atoms with Gasteiger partial charge in [0.2, 0.25) is 0 Å². The summed E-state index contributed by atoms with van der Waals surface area (Å²) in [4.78, 5) is 17.6. The van der Waals surface area contributed by atoms with Gasteiger partial charge in [0.25, 0.3) is 0 Å². The van der Waals surface area contributed by atoms with E-state index in [9.17, 15) is 4.79 Å². The van der Waals surface area contributed by atoms with Gasteiger partial charge >= 0.3 is 0 Å². The number of benzene rings is 2. The molecule has 1 saturated carbocycles. The summed E-state index contributed by atoms with van der Waals surface area (Å²) < 4.78 is 0. The van der Waals surface area contributed by atoms with Crippen LogP contribution in [0.3, 0.4) is 0 Å². The Labute approximate surface area is 190 Å². The number of nitrogens with zero attached hydrogens (tertiary/aromatic N) is 1. The van der Waals surface area contributed by atoms with Gasteiger partial charge in [-0.1, -0.05) is 61.2 Å². The van der Waals surface area contributed by atoms with E-state index in [1.807, 2.05) is 62.4 Å². The number of nitrogens with one attached hydrogen (secondary N) is 1. The largest absolute Gasteiger partial charge is 0.385 e. The molecular weight excluding hydrogens is 429 g/mol. The van der Waals surface area contributed by atoms with E-state index in [1.165, 1.54) is 24.2 Å². The third-order valence-electron chi connectivity index (χ3n) is 3.86. The summed E-state index contributed by atoms with van der Waals surface area (Å²) in [5.74, 6) is 0.116. The summed E-state index contributed by atoms with van der Waals surface area (Å²) in [5, 5.41) is 4.03. The van der Waals surface area contributed by atoms with Crippen molar-refractivity contribution in [3.63, 3.8) is 0 Å². The van der Waals surface area contributed by atoms with Crippen LogP contribution < -0.4 is 5.32 Å². The van der Waals surface area contributed by atoms with Gasteiger partial charge < -0.3 is 11.7 Å². The molecule has 3 aromatic rings. The Hall–Kier alpha value is -1.36. The molecule has 0 spiro atoms. The molecule has 1 radical (unpaired) electrons. The molecule has 1 aliphatic rings. The molecule has 137 valence electrons. The van der Waals surface area contributed by atoms with Crippen LogP contribution in [0.1, 0.15) is 41.4 Å². The second kappa shape index (κ2) is 10.8. The van der Waals surface area contributed by atoms with Gasteiger partial charge in [-0.15, -0.1) is 5.56 Å². The fourth-order valence-corrected chi connectivity index (χ4v) is 3.28. The molecule has 4 rings (SSSR count). The normalized spacial score (nSPS) is 11.6. The van der Waals surface area contributed by atoms with E-state index in [4.69, 9.17) is 0 Å².